The molecule has 1 aliphatic rings. The van der Waals surface area contributed by atoms with E-state index < -0.39 is 0 Å². The molecular weight excluding hydrogens is 288 g/mol. The van der Waals surface area contributed by atoms with E-state index in [9.17, 15) is 0 Å². The maximum absolute atomic E-state index is 3.50. The van der Waals surface area contributed by atoms with Crippen molar-refractivity contribution in [1.82, 2.24) is 4.90 Å². The van der Waals surface area contributed by atoms with Crippen molar-refractivity contribution in [3.05, 3.63) is 28.7 Å². The van der Waals surface area contributed by atoms with E-state index in [-0.39, 0.29) is 0 Å². The van der Waals surface area contributed by atoms with Crippen LogP contribution in [0.2, 0.25) is 0 Å². The van der Waals surface area contributed by atoms with Crippen LogP contribution < -0.4 is 5.32 Å². The molecular formula is C15H23BrN2. The lowest BCUT2D eigenvalue weighted by molar-refractivity contribution is 0.332. The zero-order valence-electron chi connectivity index (χ0n) is 11.2. The van der Waals surface area contributed by atoms with Crippen LogP contribution in [-0.2, 0) is 0 Å². The highest BCUT2D eigenvalue weighted by Gasteiger charge is 2.20. The number of rotatable bonds is 6. The SMILES string of the molecule is CCCC1CCN(CCNc2cccc(Br)c2)C1. The van der Waals surface area contributed by atoms with Crippen LogP contribution in [-0.4, -0.2) is 31.1 Å². The van der Waals surface area contributed by atoms with Crippen molar-refractivity contribution in [3.8, 4) is 0 Å². The van der Waals surface area contributed by atoms with Crippen LogP contribution in [0.5, 0.6) is 0 Å². The van der Waals surface area contributed by atoms with Crippen molar-refractivity contribution in [2.75, 3.05) is 31.5 Å². The second-order valence-electron chi connectivity index (χ2n) is 5.18. The van der Waals surface area contributed by atoms with Crippen LogP contribution >= 0.6 is 15.9 Å². The first-order valence-corrected chi connectivity index (χ1v) is 7.79. The van der Waals surface area contributed by atoms with E-state index in [1.807, 2.05) is 0 Å². The van der Waals surface area contributed by atoms with Gasteiger partial charge in [0.25, 0.3) is 0 Å². The zero-order chi connectivity index (χ0) is 12.8. The molecule has 0 aliphatic carbocycles. The number of likely N-dealkylation sites (tertiary alicyclic amines) is 1. The number of hydrogen-bond acceptors (Lipinski definition) is 2. The summed E-state index contributed by atoms with van der Waals surface area (Å²) in [5.41, 5.74) is 1.20. The van der Waals surface area contributed by atoms with Crippen LogP contribution in [0.4, 0.5) is 5.69 Å². The zero-order valence-corrected chi connectivity index (χ0v) is 12.7. The molecule has 1 atom stereocenters. The Labute approximate surface area is 119 Å². The lowest BCUT2D eigenvalue weighted by Crippen LogP contribution is -2.27. The second kappa shape index (κ2) is 7.15. The Morgan fingerprint density at radius 1 is 1.44 bits per heavy atom. The van der Waals surface area contributed by atoms with E-state index >= 15 is 0 Å². The van der Waals surface area contributed by atoms with Gasteiger partial charge in [0, 0.05) is 29.8 Å². The normalized spacial score (nSPS) is 20.2. The number of halogens is 1. The third kappa shape index (κ3) is 4.29. The molecule has 1 fully saturated rings. The largest absolute Gasteiger partial charge is 0.384 e. The molecule has 100 valence electrons. The number of nitrogens with zero attached hydrogens (tertiary/aromatic N) is 1. The molecule has 0 spiro atoms. The molecule has 1 aromatic carbocycles. The third-order valence-corrected chi connectivity index (χ3v) is 4.14. The van der Waals surface area contributed by atoms with E-state index in [1.165, 1.54) is 38.0 Å². The Bertz CT molecular complexity index is 367. The van der Waals surface area contributed by atoms with E-state index in [1.54, 1.807) is 0 Å². The highest BCUT2D eigenvalue weighted by molar-refractivity contribution is 9.10. The van der Waals surface area contributed by atoms with Gasteiger partial charge < -0.3 is 10.2 Å². The molecule has 2 rings (SSSR count). The van der Waals surface area contributed by atoms with Crippen molar-refractivity contribution in [3.63, 3.8) is 0 Å². The molecule has 1 aromatic rings. The molecule has 0 amide bonds. The minimum atomic E-state index is 0.945. The molecule has 2 nitrogen and oxygen atoms in total. The van der Waals surface area contributed by atoms with Gasteiger partial charge in [-0.2, -0.15) is 0 Å². The summed E-state index contributed by atoms with van der Waals surface area (Å²) in [5.74, 6) is 0.945. The molecule has 18 heavy (non-hydrogen) atoms. The topological polar surface area (TPSA) is 15.3 Å². The average molecular weight is 311 g/mol. The molecule has 0 saturated carbocycles. The van der Waals surface area contributed by atoms with E-state index in [0.29, 0.717) is 0 Å². The van der Waals surface area contributed by atoms with Crippen molar-refractivity contribution in [2.45, 2.75) is 26.2 Å². The van der Waals surface area contributed by atoms with Crippen molar-refractivity contribution >= 4 is 21.6 Å². The molecule has 0 radical (unpaired) electrons. The number of anilines is 1. The van der Waals surface area contributed by atoms with Crippen molar-refractivity contribution < 1.29 is 0 Å². The van der Waals surface area contributed by atoms with Gasteiger partial charge in [-0.1, -0.05) is 35.3 Å². The van der Waals surface area contributed by atoms with Gasteiger partial charge in [0.05, 0.1) is 0 Å². The van der Waals surface area contributed by atoms with Gasteiger partial charge in [-0.05, 0) is 43.5 Å². The fourth-order valence-electron chi connectivity index (χ4n) is 2.72. The van der Waals surface area contributed by atoms with E-state index in [0.717, 1.165) is 23.5 Å². The lowest BCUT2D eigenvalue weighted by atomic mass is 10.0. The van der Waals surface area contributed by atoms with Crippen LogP contribution in [0, 0.1) is 5.92 Å². The first kappa shape index (κ1) is 13.9. The van der Waals surface area contributed by atoms with E-state index in [4.69, 9.17) is 0 Å². The predicted molar refractivity (Wildman–Crippen MR) is 82.1 cm³/mol. The molecule has 0 bridgehead atoms. The summed E-state index contributed by atoms with van der Waals surface area (Å²) in [6, 6.07) is 8.37. The van der Waals surface area contributed by atoms with Gasteiger partial charge in [0.15, 0.2) is 0 Å². The summed E-state index contributed by atoms with van der Waals surface area (Å²) in [4.78, 5) is 2.59. The smallest absolute Gasteiger partial charge is 0.0351 e. The Morgan fingerprint density at radius 2 is 2.33 bits per heavy atom. The second-order valence-corrected chi connectivity index (χ2v) is 6.10. The Balaban J connectivity index is 1.67. The van der Waals surface area contributed by atoms with Gasteiger partial charge in [-0.25, -0.2) is 0 Å². The maximum atomic E-state index is 3.50. The summed E-state index contributed by atoms with van der Waals surface area (Å²) in [7, 11) is 0. The quantitative estimate of drug-likeness (QED) is 0.855. The molecule has 3 heteroatoms. The van der Waals surface area contributed by atoms with Crippen LogP contribution in [0.25, 0.3) is 0 Å². The summed E-state index contributed by atoms with van der Waals surface area (Å²) in [5, 5.41) is 3.49. The standard InChI is InChI=1S/C15H23BrN2/c1-2-4-13-7-9-18(12-13)10-8-17-15-6-3-5-14(16)11-15/h3,5-6,11,13,17H,2,4,7-10,12H2,1H3. The maximum Gasteiger partial charge on any atom is 0.0351 e. The molecule has 1 unspecified atom stereocenters. The molecule has 1 heterocycles. The van der Waals surface area contributed by atoms with Crippen LogP contribution in [0.3, 0.4) is 0 Å². The summed E-state index contributed by atoms with van der Waals surface area (Å²) >= 11 is 3.50. The minimum Gasteiger partial charge on any atom is -0.384 e. The van der Waals surface area contributed by atoms with Gasteiger partial charge in [-0.3, -0.25) is 0 Å². The van der Waals surface area contributed by atoms with Crippen LogP contribution in [0.15, 0.2) is 28.7 Å². The van der Waals surface area contributed by atoms with Gasteiger partial charge in [-0.15, -0.1) is 0 Å². The molecule has 0 aromatic heterocycles. The first-order valence-electron chi connectivity index (χ1n) is 6.99. The van der Waals surface area contributed by atoms with Crippen molar-refractivity contribution in [1.29, 1.82) is 0 Å². The number of hydrogen-bond donors (Lipinski definition) is 1. The monoisotopic (exact) mass is 310 g/mol. The van der Waals surface area contributed by atoms with Gasteiger partial charge in [0.1, 0.15) is 0 Å². The molecule has 1 aliphatic heterocycles. The first-order chi connectivity index (χ1) is 8.78. The minimum absolute atomic E-state index is 0.945. The van der Waals surface area contributed by atoms with Crippen molar-refractivity contribution in [2.24, 2.45) is 5.92 Å². The van der Waals surface area contributed by atoms with Gasteiger partial charge >= 0.3 is 0 Å². The summed E-state index contributed by atoms with van der Waals surface area (Å²) in [6.45, 7) is 7.07. The van der Waals surface area contributed by atoms with Gasteiger partial charge in [0.2, 0.25) is 0 Å². The highest BCUT2D eigenvalue weighted by atomic mass is 79.9. The third-order valence-electron chi connectivity index (χ3n) is 3.65. The summed E-state index contributed by atoms with van der Waals surface area (Å²) < 4.78 is 1.14. The number of nitrogens with one attached hydrogen (secondary N) is 1. The fourth-order valence-corrected chi connectivity index (χ4v) is 3.12. The molecule has 1 N–H and O–H groups in total. The fraction of sp³-hybridized carbons (Fsp3) is 0.600. The Morgan fingerprint density at radius 3 is 3.11 bits per heavy atom. The highest BCUT2D eigenvalue weighted by Crippen LogP contribution is 2.20. The molecule has 1 saturated heterocycles. The lowest BCUT2D eigenvalue weighted by Gasteiger charge is -2.16. The Hall–Kier alpha value is -0.540. The number of benzene rings is 1. The predicted octanol–water partition coefficient (Wildman–Crippen LogP) is 3.98. The van der Waals surface area contributed by atoms with Crippen LogP contribution in [0.1, 0.15) is 26.2 Å². The van der Waals surface area contributed by atoms with E-state index in [2.05, 4.69) is 57.3 Å². The Kier molecular flexibility index (Phi) is 5.51. The summed E-state index contributed by atoms with van der Waals surface area (Å²) in [6.07, 6.45) is 4.12. The average Bonchev–Trinajstić information content (AvgIpc) is 2.78.